The van der Waals surface area contributed by atoms with E-state index in [4.69, 9.17) is 14.2 Å². The van der Waals surface area contributed by atoms with Crippen LogP contribution in [-0.4, -0.2) is 24.6 Å². The van der Waals surface area contributed by atoms with Gasteiger partial charge in [0.25, 0.3) is 11.8 Å². The number of anilines is 1. The Morgan fingerprint density at radius 3 is 2.49 bits per heavy atom. The lowest BCUT2D eigenvalue weighted by Gasteiger charge is -2.26. The smallest absolute Gasteiger partial charge is 0.335 e. The first kappa shape index (κ1) is 25.3. The molecule has 0 aromatic heterocycles. The van der Waals surface area contributed by atoms with Crippen molar-refractivity contribution >= 4 is 68.1 Å². The van der Waals surface area contributed by atoms with Gasteiger partial charge in [-0.2, -0.15) is 0 Å². The minimum Gasteiger partial charge on any atom is -0.487 e. The Kier molecular flexibility index (Phi) is 7.20. The van der Waals surface area contributed by atoms with E-state index < -0.39 is 17.8 Å². The molecule has 188 valence electrons. The normalized spacial score (nSPS) is 15.8. The topological polar surface area (TPSA) is 94.2 Å². The summed E-state index contributed by atoms with van der Waals surface area (Å²) in [7, 11) is 0. The molecular formula is C27H20BrIN2O6. The third kappa shape index (κ3) is 5.21. The summed E-state index contributed by atoms with van der Waals surface area (Å²) in [6, 6.07) is 15.5. The summed E-state index contributed by atoms with van der Waals surface area (Å²) in [6.07, 6.45) is 2.29. The van der Waals surface area contributed by atoms with Crippen molar-refractivity contribution in [2.75, 3.05) is 11.7 Å². The number of hydrogen-bond acceptors (Lipinski definition) is 6. The summed E-state index contributed by atoms with van der Waals surface area (Å²) >= 11 is 5.67. The van der Waals surface area contributed by atoms with E-state index in [-0.39, 0.29) is 12.4 Å². The average Bonchev–Trinajstić information content (AvgIpc) is 3.34. The SMILES string of the molecule is CCc1ccc(N2C(=O)NC(=O)/C(=C/c3cc(Br)c(OCc4ccc5c(c4)OCO5)c(I)c3)C2=O)cc1. The Morgan fingerprint density at radius 2 is 1.76 bits per heavy atom. The number of rotatable bonds is 6. The fourth-order valence-corrected chi connectivity index (χ4v) is 5.70. The van der Waals surface area contributed by atoms with Crippen molar-refractivity contribution in [3.8, 4) is 17.2 Å². The lowest BCUT2D eigenvalue weighted by molar-refractivity contribution is -0.122. The molecule has 0 saturated carbocycles. The zero-order valence-electron chi connectivity index (χ0n) is 19.5. The quantitative estimate of drug-likeness (QED) is 0.208. The lowest BCUT2D eigenvalue weighted by Crippen LogP contribution is -2.54. The van der Waals surface area contributed by atoms with Gasteiger partial charge in [-0.1, -0.05) is 25.1 Å². The van der Waals surface area contributed by atoms with Crippen LogP contribution >= 0.6 is 38.5 Å². The minimum atomic E-state index is -0.778. The van der Waals surface area contributed by atoms with E-state index in [1.807, 2.05) is 37.3 Å². The van der Waals surface area contributed by atoms with Gasteiger partial charge in [0.05, 0.1) is 13.7 Å². The van der Waals surface area contributed by atoms with Gasteiger partial charge in [0.2, 0.25) is 6.79 Å². The number of carbonyl (C=O) groups is 3. The molecule has 5 rings (SSSR count). The molecule has 1 N–H and O–H groups in total. The summed E-state index contributed by atoms with van der Waals surface area (Å²) < 4.78 is 18.2. The predicted octanol–water partition coefficient (Wildman–Crippen LogP) is 5.59. The predicted molar refractivity (Wildman–Crippen MR) is 149 cm³/mol. The Labute approximate surface area is 234 Å². The van der Waals surface area contributed by atoms with E-state index in [1.54, 1.807) is 24.3 Å². The number of carbonyl (C=O) groups excluding carboxylic acids is 3. The Morgan fingerprint density at radius 1 is 1.03 bits per heavy atom. The van der Waals surface area contributed by atoms with Crippen LogP contribution in [0.4, 0.5) is 10.5 Å². The molecule has 3 aromatic rings. The summed E-state index contributed by atoms with van der Waals surface area (Å²) in [5.41, 5.74) is 2.83. The number of urea groups is 1. The van der Waals surface area contributed by atoms with E-state index in [9.17, 15) is 14.4 Å². The second-order valence-corrected chi connectivity index (χ2v) is 10.3. The van der Waals surface area contributed by atoms with Crippen LogP contribution < -0.4 is 24.4 Å². The third-order valence-electron chi connectivity index (χ3n) is 5.86. The number of halogens is 2. The van der Waals surface area contributed by atoms with Gasteiger partial charge in [-0.05, 0) is 104 Å². The highest BCUT2D eigenvalue weighted by Gasteiger charge is 2.36. The fourth-order valence-electron chi connectivity index (χ4n) is 3.93. The van der Waals surface area contributed by atoms with Crippen LogP contribution in [0.3, 0.4) is 0 Å². The number of nitrogens with one attached hydrogen (secondary N) is 1. The number of nitrogens with zero attached hydrogens (tertiary/aromatic N) is 1. The summed E-state index contributed by atoms with van der Waals surface area (Å²) in [5.74, 6) is 0.572. The first-order valence-corrected chi connectivity index (χ1v) is 13.2. The number of barbiturate groups is 1. The van der Waals surface area contributed by atoms with Gasteiger partial charge in [-0.25, -0.2) is 9.69 Å². The Balaban J connectivity index is 1.37. The van der Waals surface area contributed by atoms with Crippen LogP contribution in [0.5, 0.6) is 17.2 Å². The number of benzene rings is 3. The largest absolute Gasteiger partial charge is 0.487 e. The van der Waals surface area contributed by atoms with Gasteiger partial charge >= 0.3 is 6.03 Å². The van der Waals surface area contributed by atoms with Crippen molar-refractivity contribution in [2.24, 2.45) is 0 Å². The van der Waals surface area contributed by atoms with Crippen LogP contribution in [0.2, 0.25) is 0 Å². The monoisotopic (exact) mass is 674 g/mol. The van der Waals surface area contributed by atoms with Gasteiger partial charge in [-0.15, -0.1) is 0 Å². The molecule has 0 atom stereocenters. The molecule has 0 bridgehead atoms. The molecule has 0 spiro atoms. The lowest BCUT2D eigenvalue weighted by atomic mass is 10.1. The van der Waals surface area contributed by atoms with Crippen molar-refractivity contribution in [1.29, 1.82) is 0 Å². The Hall–Kier alpha value is -3.38. The van der Waals surface area contributed by atoms with E-state index >= 15 is 0 Å². The van der Waals surface area contributed by atoms with Gasteiger partial charge in [-0.3, -0.25) is 14.9 Å². The number of ether oxygens (including phenoxy) is 3. The number of imide groups is 2. The van der Waals surface area contributed by atoms with Gasteiger partial charge in [0.15, 0.2) is 11.5 Å². The van der Waals surface area contributed by atoms with Crippen molar-refractivity contribution in [1.82, 2.24) is 5.32 Å². The highest BCUT2D eigenvalue weighted by molar-refractivity contribution is 14.1. The molecule has 1 saturated heterocycles. The van der Waals surface area contributed by atoms with Crippen molar-refractivity contribution in [3.63, 3.8) is 0 Å². The van der Waals surface area contributed by atoms with E-state index in [0.29, 0.717) is 39.6 Å². The highest BCUT2D eigenvalue weighted by atomic mass is 127. The first-order chi connectivity index (χ1) is 17.8. The van der Waals surface area contributed by atoms with Crippen LogP contribution in [0.25, 0.3) is 6.08 Å². The molecule has 8 nitrogen and oxygen atoms in total. The van der Waals surface area contributed by atoms with Gasteiger partial charge in [0, 0.05) is 0 Å². The Bertz CT molecular complexity index is 1430. The molecule has 4 amide bonds. The maximum absolute atomic E-state index is 13.2. The average molecular weight is 675 g/mol. The highest BCUT2D eigenvalue weighted by Crippen LogP contribution is 2.36. The number of aryl methyl sites for hydroxylation is 1. The van der Waals surface area contributed by atoms with Crippen LogP contribution in [0, 0.1) is 3.57 Å². The van der Waals surface area contributed by atoms with Crippen molar-refractivity contribution < 1.29 is 28.6 Å². The zero-order chi connectivity index (χ0) is 26.1. The molecule has 2 aliphatic rings. The van der Waals surface area contributed by atoms with E-state index in [2.05, 4.69) is 43.8 Å². The molecule has 2 heterocycles. The summed E-state index contributed by atoms with van der Waals surface area (Å²) in [4.78, 5) is 39.2. The van der Waals surface area contributed by atoms with Gasteiger partial charge in [0.1, 0.15) is 17.9 Å². The van der Waals surface area contributed by atoms with E-state index in [0.717, 1.165) is 26.0 Å². The number of fused-ring (bicyclic) bond motifs is 1. The summed E-state index contributed by atoms with van der Waals surface area (Å²) in [6.45, 7) is 2.53. The molecular weight excluding hydrogens is 655 g/mol. The van der Waals surface area contributed by atoms with Crippen LogP contribution in [-0.2, 0) is 22.6 Å². The third-order valence-corrected chi connectivity index (χ3v) is 7.25. The fraction of sp³-hybridized carbons (Fsp3) is 0.148. The van der Waals surface area contributed by atoms with Crippen molar-refractivity contribution in [2.45, 2.75) is 20.0 Å². The molecule has 0 radical (unpaired) electrons. The van der Waals surface area contributed by atoms with Gasteiger partial charge < -0.3 is 14.2 Å². The van der Waals surface area contributed by atoms with E-state index in [1.165, 1.54) is 6.08 Å². The van der Waals surface area contributed by atoms with Crippen molar-refractivity contribution in [3.05, 3.63) is 84.9 Å². The van der Waals surface area contributed by atoms with Crippen LogP contribution in [0.1, 0.15) is 23.6 Å². The number of hydrogen-bond donors (Lipinski definition) is 1. The zero-order valence-corrected chi connectivity index (χ0v) is 23.3. The minimum absolute atomic E-state index is 0.143. The molecule has 10 heteroatoms. The standard InChI is InChI=1S/C27H20BrIN2O6/c1-2-15-3-6-18(7-4-15)31-26(33)19(25(32)30-27(31)34)9-17-10-20(28)24(21(29)11-17)35-13-16-5-8-22-23(12-16)37-14-36-22/h3-12H,2,13-14H2,1H3,(H,30,32,34)/b19-9-. The maximum Gasteiger partial charge on any atom is 0.335 e. The molecule has 3 aromatic carbocycles. The first-order valence-electron chi connectivity index (χ1n) is 11.3. The summed E-state index contributed by atoms with van der Waals surface area (Å²) in [5, 5.41) is 2.26. The molecule has 37 heavy (non-hydrogen) atoms. The second kappa shape index (κ2) is 10.5. The van der Waals surface area contributed by atoms with Crippen LogP contribution in [0.15, 0.2) is 64.6 Å². The molecule has 2 aliphatic heterocycles. The molecule has 0 aliphatic carbocycles. The second-order valence-electron chi connectivity index (χ2n) is 8.27. The number of amides is 4. The molecule has 1 fully saturated rings. The molecule has 0 unspecified atom stereocenters. The maximum atomic E-state index is 13.2.